The molecule has 2 aromatic heterocycles. The van der Waals surface area contributed by atoms with E-state index in [0.29, 0.717) is 5.92 Å². The van der Waals surface area contributed by atoms with E-state index in [0.717, 1.165) is 17.1 Å². The maximum absolute atomic E-state index is 5.51. The molecule has 5 heteroatoms. The highest BCUT2D eigenvalue weighted by atomic mass is 32.1. The number of imidazole rings is 1. The monoisotopic (exact) mass is 224 g/mol. The zero-order valence-electron chi connectivity index (χ0n) is 8.97. The number of nitrogens with zero attached hydrogens (tertiary/aromatic N) is 2. The molecule has 0 saturated carbocycles. The maximum Gasteiger partial charge on any atom is 0.193 e. The van der Waals surface area contributed by atoms with Gasteiger partial charge in [0.2, 0.25) is 0 Å². The minimum Gasteiger partial charge on any atom is -0.297 e. The standard InChI is InChI=1S/C10H16N4S/c1-7(2)9(13-11)5-8-6-14-3-4-15-10(14)12-8/h3-4,6-7,9,13H,5,11H2,1-2H3. The number of fused-ring (bicyclic) bond motifs is 1. The number of thiazole rings is 1. The van der Waals surface area contributed by atoms with E-state index in [1.165, 1.54) is 0 Å². The first kappa shape index (κ1) is 10.6. The van der Waals surface area contributed by atoms with E-state index >= 15 is 0 Å². The highest BCUT2D eigenvalue weighted by Crippen LogP contribution is 2.14. The molecule has 0 bridgehead atoms. The second kappa shape index (κ2) is 4.30. The SMILES string of the molecule is CC(C)C(Cc1cn2ccsc2n1)NN. The zero-order valence-corrected chi connectivity index (χ0v) is 9.79. The third-order valence-corrected chi connectivity index (χ3v) is 3.36. The second-order valence-electron chi connectivity index (χ2n) is 4.05. The second-order valence-corrected chi connectivity index (χ2v) is 4.92. The average molecular weight is 224 g/mol. The van der Waals surface area contributed by atoms with Crippen molar-refractivity contribution in [2.45, 2.75) is 26.3 Å². The lowest BCUT2D eigenvalue weighted by atomic mass is 10.0. The Balaban J connectivity index is 2.14. The van der Waals surface area contributed by atoms with Crippen molar-refractivity contribution in [1.29, 1.82) is 0 Å². The molecular weight excluding hydrogens is 208 g/mol. The van der Waals surface area contributed by atoms with E-state index in [2.05, 4.69) is 30.5 Å². The first-order valence-electron chi connectivity index (χ1n) is 5.08. The topological polar surface area (TPSA) is 55.3 Å². The molecule has 0 aliphatic heterocycles. The van der Waals surface area contributed by atoms with Gasteiger partial charge in [0.05, 0.1) is 5.69 Å². The Kier molecular flexibility index (Phi) is 3.04. The summed E-state index contributed by atoms with van der Waals surface area (Å²) in [6.07, 6.45) is 4.97. The van der Waals surface area contributed by atoms with Crippen molar-refractivity contribution in [3.63, 3.8) is 0 Å². The van der Waals surface area contributed by atoms with Crippen molar-refractivity contribution in [2.75, 3.05) is 0 Å². The van der Waals surface area contributed by atoms with E-state index in [1.807, 2.05) is 16.0 Å². The summed E-state index contributed by atoms with van der Waals surface area (Å²) in [5.74, 6) is 6.02. The highest BCUT2D eigenvalue weighted by molar-refractivity contribution is 7.15. The van der Waals surface area contributed by atoms with Crippen LogP contribution in [0.4, 0.5) is 0 Å². The number of aromatic nitrogens is 2. The van der Waals surface area contributed by atoms with Crippen molar-refractivity contribution >= 4 is 16.3 Å². The van der Waals surface area contributed by atoms with Crippen LogP contribution in [-0.4, -0.2) is 15.4 Å². The van der Waals surface area contributed by atoms with E-state index < -0.39 is 0 Å². The van der Waals surface area contributed by atoms with Crippen molar-refractivity contribution in [1.82, 2.24) is 14.8 Å². The highest BCUT2D eigenvalue weighted by Gasteiger charge is 2.14. The molecule has 3 N–H and O–H groups in total. The summed E-state index contributed by atoms with van der Waals surface area (Å²) in [6.45, 7) is 4.31. The number of hydrogen-bond donors (Lipinski definition) is 2. The van der Waals surface area contributed by atoms with Crippen LogP contribution in [0.3, 0.4) is 0 Å². The van der Waals surface area contributed by atoms with Crippen LogP contribution in [-0.2, 0) is 6.42 Å². The van der Waals surface area contributed by atoms with Crippen molar-refractivity contribution in [3.05, 3.63) is 23.5 Å². The molecule has 0 aromatic carbocycles. The van der Waals surface area contributed by atoms with E-state index in [9.17, 15) is 0 Å². The minimum absolute atomic E-state index is 0.287. The number of rotatable bonds is 4. The van der Waals surface area contributed by atoms with Crippen LogP contribution >= 0.6 is 11.3 Å². The maximum atomic E-state index is 5.51. The molecule has 0 aliphatic carbocycles. The Hall–Kier alpha value is -0.910. The summed E-state index contributed by atoms with van der Waals surface area (Å²) in [6, 6.07) is 0.287. The van der Waals surface area contributed by atoms with Crippen LogP contribution in [0.25, 0.3) is 4.96 Å². The van der Waals surface area contributed by atoms with Gasteiger partial charge in [-0.05, 0) is 5.92 Å². The first-order chi connectivity index (χ1) is 7.20. The molecule has 1 atom stereocenters. The molecule has 1 unspecified atom stereocenters. The number of hydrogen-bond acceptors (Lipinski definition) is 4. The van der Waals surface area contributed by atoms with Gasteiger partial charge in [-0.15, -0.1) is 11.3 Å². The molecule has 2 heterocycles. The van der Waals surface area contributed by atoms with Crippen LogP contribution in [0.5, 0.6) is 0 Å². The van der Waals surface area contributed by atoms with Crippen LogP contribution < -0.4 is 11.3 Å². The Morgan fingerprint density at radius 2 is 2.40 bits per heavy atom. The quantitative estimate of drug-likeness (QED) is 0.610. The number of nitrogens with two attached hydrogens (primary N) is 1. The fourth-order valence-electron chi connectivity index (χ4n) is 1.59. The van der Waals surface area contributed by atoms with E-state index in [4.69, 9.17) is 5.84 Å². The summed E-state index contributed by atoms with van der Waals surface area (Å²) >= 11 is 1.65. The summed E-state index contributed by atoms with van der Waals surface area (Å²) < 4.78 is 2.05. The van der Waals surface area contributed by atoms with Crippen LogP contribution in [0.1, 0.15) is 19.5 Å². The van der Waals surface area contributed by atoms with Gasteiger partial charge in [0.15, 0.2) is 4.96 Å². The van der Waals surface area contributed by atoms with Gasteiger partial charge in [0, 0.05) is 30.2 Å². The lowest BCUT2D eigenvalue weighted by molar-refractivity contribution is 0.402. The molecule has 0 aliphatic rings. The molecule has 0 fully saturated rings. The smallest absolute Gasteiger partial charge is 0.193 e. The Morgan fingerprint density at radius 1 is 1.60 bits per heavy atom. The van der Waals surface area contributed by atoms with Gasteiger partial charge < -0.3 is 0 Å². The van der Waals surface area contributed by atoms with Crippen LogP contribution in [0, 0.1) is 5.92 Å². The average Bonchev–Trinajstić information content (AvgIpc) is 2.72. The molecule has 0 spiro atoms. The fraction of sp³-hybridized carbons (Fsp3) is 0.500. The molecular formula is C10H16N4S. The molecule has 0 saturated heterocycles. The first-order valence-corrected chi connectivity index (χ1v) is 5.96. The molecule has 4 nitrogen and oxygen atoms in total. The molecule has 2 rings (SSSR count). The summed E-state index contributed by atoms with van der Waals surface area (Å²) in [4.78, 5) is 5.57. The van der Waals surface area contributed by atoms with Crippen LogP contribution in [0.2, 0.25) is 0 Å². The number of nitrogens with one attached hydrogen (secondary N) is 1. The Morgan fingerprint density at radius 3 is 3.00 bits per heavy atom. The normalized spacial score (nSPS) is 13.9. The molecule has 2 aromatic rings. The van der Waals surface area contributed by atoms with Gasteiger partial charge >= 0.3 is 0 Å². The zero-order chi connectivity index (χ0) is 10.8. The summed E-state index contributed by atoms with van der Waals surface area (Å²) in [5.41, 5.74) is 3.94. The summed E-state index contributed by atoms with van der Waals surface area (Å²) in [7, 11) is 0. The lowest BCUT2D eigenvalue weighted by Crippen LogP contribution is -2.40. The molecule has 82 valence electrons. The van der Waals surface area contributed by atoms with E-state index in [-0.39, 0.29) is 6.04 Å². The van der Waals surface area contributed by atoms with Crippen molar-refractivity contribution < 1.29 is 0 Å². The van der Waals surface area contributed by atoms with Gasteiger partial charge in [0.1, 0.15) is 0 Å². The Bertz CT molecular complexity index is 403. The third kappa shape index (κ3) is 2.19. The lowest BCUT2D eigenvalue weighted by Gasteiger charge is -2.18. The van der Waals surface area contributed by atoms with Crippen LogP contribution in [0.15, 0.2) is 17.8 Å². The van der Waals surface area contributed by atoms with Gasteiger partial charge in [-0.2, -0.15) is 0 Å². The number of hydrazine groups is 1. The van der Waals surface area contributed by atoms with Crippen molar-refractivity contribution in [2.24, 2.45) is 11.8 Å². The Labute approximate surface area is 93.1 Å². The van der Waals surface area contributed by atoms with Gasteiger partial charge in [0.25, 0.3) is 0 Å². The molecule has 0 radical (unpaired) electrons. The van der Waals surface area contributed by atoms with Gasteiger partial charge in [-0.3, -0.25) is 15.7 Å². The third-order valence-electron chi connectivity index (χ3n) is 2.59. The molecule has 15 heavy (non-hydrogen) atoms. The summed E-state index contributed by atoms with van der Waals surface area (Å²) in [5, 5.41) is 2.03. The predicted molar refractivity (Wildman–Crippen MR) is 62.7 cm³/mol. The largest absolute Gasteiger partial charge is 0.297 e. The predicted octanol–water partition coefficient (Wildman–Crippen LogP) is 1.43. The van der Waals surface area contributed by atoms with Crippen molar-refractivity contribution in [3.8, 4) is 0 Å². The van der Waals surface area contributed by atoms with Gasteiger partial charge in [-0.25, -0.2) is 4.98 Å². The minimum atomic E-state index is 0.287. The fourth-order valence-corrected chi connectivity index (χ4v) is 2.31. The van der Waals surface area contributed by atoms with E-state index in [1.54, 1.807) is 11.3 Å². The molecule has 0 amide bonds. The van der Waals surface area contributed by atoms with Gasteiger partial charge in [-0.1, -0.05) is 13.8 Å².